The molecule has 1 aliphatic heterocycles. The largest absolute Gasteiger partial charge is 0.376 e. The Kier molecular flexibility index (Phi) is 4.89. The van der Waals surface area contributed by atoms with E-state index < -0.39 is 4.92 Å². The summed E-state index contributed by atoms with van der Waals surface area (Å²) in [6, 6.07) is -0.0197. The van der Waals surface area contributed by atoms with Gasteiger partial charge < -0.3 is 10.1 Å². The molecule has 0 aliphatic carbocycles. The molecule has 1 aliphatic rings. The monoisotopic (exact) mass is 296 g/mol. The summed E-state index contributed by atoms with van der Waals surface area (Å²) in [5.74, 6) is -0.103. The molecule has 0 radical (unpaired) electrons. The van der Waals surface area contributed by atoms with Crippen molar-refractivity contribution in [3.63, 3.8) is 0 Å². The van der Waals surface area contributed by atoms with Gasteiger partial charge in [0, 0.05) is 19.6 Å². The zero-order chi connectivity index (χ0) is 15.4. The van der Waals surface area contributed by atoms with Crippen LogP contribution in [0.25, 0.3) is 0 Å². The van der Waals surface area contributed by atoms with E-state index in [1.807, 2.05) is 6.92 Å². The molecule has 2 heterocycles. The number of carbonyl (C=O) groups is 1. The van der Waals surface area contributed by atoms with Crippen molar-refractivity contribution >= 4 is 11.6 Å². The van der Waals surface area contributed by atoms with Crippen LogP contribution >= 0.6 is 0 Å². The number of amides is 1. The third-order valence-electron chi connectivity index (χ3n) is 3.60. The molecular formula is C13H20N4O4. The van der Waals surface area contributed by atoms with E-state index in [1.54, 1.807) is 6.92 Å². The average Bonchev–Trinajstić information content (AvgIpc) is 3.05. The maximum absolute atomic E-state index is 11.9. The number of aromatic nitrogens is 2. The maximum Gasteiger partial charge on any atom is 0.309 e. The zero-order valence-corrected chi connectivity index (χ0v) is 12.2. The van der Waals surface area contributed by atoms with Crippen LogP contribution in [-0.4, -0.2) is 39.4 Å². The van der Waals surface area contributed by atoms with Crippen molar-refractivity contribution in [3.05, 3.63) is 22.0 Å². The molecule has 0 saturated carbocycles. The lowest BCUT2D eigenvalue weighted by atomic mass is 10.1. The molecule has 0 bridgehead atoms. The molecule has 21 heavy (non-hydrogen) atoms. The molecule has 1 aromatic heterocycles. The number of ether oxygens (including phenoxy) is 1. The Bertz CT molecular complexity index is 522. The third-order valence-corrected chi connectivity index (χ3v) is 3.60. The Morgan fingerprint density at radius 2 is 2.48 bits per heavy atom. The van der Waals surface area contributed by atoms with Gasteiger partial charge in [0.05, 0.1) is 17.1 Å². The predicted octanol–water partition coefficient (Wildman–Crippen LogP) is 1.17. The van der Waals surface area contributed by atoms with Crippen LogP contribution in [-0.2, 0) is 16.1 Å². The molecule has 1 N–H and O–H groups in total. The quantitative estimate of drug-likeness (QED) is 0.627. The van der Waals surface area contributed by atoms with Crippen molar-refractivity contribution in [1.82, 2.24) is 15.1 Å². The normalized spacial score (nSPS) is 19.4. The Labute approximate surface area is 122 Å². The first-order valence-corrected chi connectivity index (χ1v) is 7.07. The second-order valence-electron chi connectivity index (χ2n) is 5.28. The summed E-state index contributed by atoms with van der Waals surface area (Å²) in [7, 11) is 0. The van der Waals surface area contributed by atoms with E-state index in [9.17, 15) is 14.9 Å². The number of hydrogen-bond donors (Lipinski definition) is 1. The minimum atomic E-state index is -0.474. The van der Waals surface area contributed by atoms with Gasteiger partial charge in [-0.15, -0.1) is 0 Å². The van der Waals surface area contributed by atoms with E-state index in [2.05, 4.69) is 10.4 Å². The standard InChI is InChI=1S/C13H20N4O4/c1-9-11(17(19)20)8-16(15-9)6-5-13(18)14-10(2)12-4-3-7-21-12/h8,10,12H,3-7H2,1-2H3,(H,14,18). The first kappa shape index (κ1) is 15.4. The number of nitrogens with zero attached hydrogens (tertiary/aromatic N) is 3. The molecule has 1 aromatic rings. The van der Waals surface area contributed by atoms with Crippen molar-refractivity contribution < 1.29 is 14.5 Å². The molecule has 2 rings (SSSR count). The van der Waals surface area contributed by atoms with Gasteiger partial charge >= 0.3 is 5.69 Å². The average molecular weight is 296 g/mol. The Balaban J connectivity index is 1.80. The lowest BCUT2D eigenvalue weighted by Crippen LogP contribution is -2.41. The zero-order valence-electron chi connectivity index (χ0n) is 12.2. The Morgan fingerprint density at radius 3 is 3.05 bits per heavy atom. The molecular weight excluding hydrogens is 276 g/mol. The van der Waals surface area contributed by atoms with Crippen molar-refractivity contribution in [2.75, 3.05) is 6.61 Å². The molecule has 1 amide bonds. The third kappa shape index (κ3) is 4.01. The van der Waals surface area contributed by atoms with Gasteiger partial charge in [-0.1, -0.05) is 0 Å². The second-order valence-corrected chi connectivity index (χ2v) is 5.28. The van der Waals surface area contributed by atoms with E-state index in [4.69, 9.17) is 4.74 Å². The summed E-state index contributed by atoms with van der Waals surface area (Å²) < 4.78 is 6.95. The highest BCUT2D eigenvalue weighted by molar-refractivity contribution is 5.76. The second kappa shape index (κ2) is 6.66. The number of carbonyl (C=O) groups excluding carboxylic acids is 1. The molecule has 116 valence electrons. The SMILES string of the molecule is Cc1nn(CCC(=O)NC(C)C2CCCO2)cc1[N+](=O)[O-]. The minimum Gasteiger partial charge on any atom is -0.376 e. The van der Waals surface area contributed by atoms with Gasteiger partial charge in [-0.05, 0) is 26.7 Å². The van der Waals surface area contributed by atoms with Crippen LogP contribution in [0.5, 0.6) is 0 Å². The molecule has 1 fully saturated rings. The van der Waals surface area contributed by atoms with Gasteiger partial charge in [0.2, 0.25) is 5.91 Å². The van der Waals surface area contributed by atoms with Crippen LogP contribution in [0.15, 0.2) is 6.20 Å². The predicted molar refractivity (Wildman–Crippen MR) is 74.8 cm³/mol. The Morgan fingerprint density at radius 1 is 1.71 bits per heavy atom. The molecule has 8 nitrogen and oxygen atoms in total. The minimum absolute atomic E-state index is 0.0197. The molecule has 2 atom stereocenters. The van der Waals surface area contributed by atoms with Crippen molar-refractivity contribution in [1.29, 1.82) is 0 Å². The van der Waals surface area contributed by atoms with Gasteiger partial charge in [0.1, 0.15) is 11.9 Å². The van der Waals surface area contributed by atoms with Crippen LogP contribution in [0, 0.1) is 17.0 Å². The lowest BCUT2D eigenvalue weighted by molar-refractivity contribution is -0.385. The van der Waals surface area contributed by atoms with Gasteiger partial charge in [-0.3, -0.25) is 19.6 Å². The number of nitro groups is 1. The van der Waals surface area contributed by atoms with Crippen LogP contribution < -0.4 is 5.32 Å². The highest BCUT2D eigenvalue weighted by atomic mass is 16.6. The summed E-state index contributed by atoms with van der Waals surface area (Å²) in [5, 5.41) is 17.7. The Hall–Kier alpha value is -1.96. The van der Waals surface area contributed by atoms with E-state index in [0.29, 0.717) is 12.2 Å². The van der Waals surface area contributed by atoms with E-state index in [0.717, 1.165) is 19.4 Å². The molecule has 8 heteroatoms. The fourth-order valence-corrected chi connectivity index (χ4v) is 2.43. The van der Waals surface area contributed by atoms with Crippen molar-refractivity contribution in [2.24, 2.45) is 0 Å². The molecule has 0 spiro atoms. The fourth-order valence-electron chi connectivity index (χ4n) is 2.43. The van der Waals surface area contributed by atoms with Crippen LogP contribution in [0.2, 0.25) is 0 Å². The summed E-state index contributed by atoms with van der Waals surface area (Å²) in [5.41, 5.74) is 0.330. The topological polar surface area (TPSA) is 99.3 Å². The number of aryl methyl sites for hydroxylation is 2. The van der Waals surface area contributed by atoms with Crippen LogP contribution in [0.1, 0.15) is 31.9 Å². The highest BCUT2D eigenvalue weighted by Crippen LogP contribution is 2.16. The fraction of sp³-hybridized carbons (Fsp3) is 0.692. The summed E-state index contributed by atoms with van der Waals surface area (Å²) in [6.45, 7) is 4.57. The lowest BCUT2D eigenvalue weighted by Gasteiger charge is -2.19. The number of nitrogens with one attached hydrogen (secondary N) is 1. The molecule has 2 unspecified atom stereocenters. The van der Waals surface area contributed by atoms with E-state index in [-0.39, 0.29) is 30.2 Å². The van der Waals surface area contributed by atoms with E-state index >= 15 is 0 Å². The van der Waals surface area contributed by atoms with E-state index in [1.165, 1.54) is 10.9 Å². The smallest absolute Gasteiger partial charge is 0.309 e. The van der Waals surface area contributed by atoms with Gasteiger partial charge in [0.15, 0.2) is 0 Å². The van der Waals surface area contributed by atoms with Crippen LogP contribution in [0.3, 0.4) is 0 Å². The van der Waals surface area contributed by atoms with Gasteiger partial charge in [0.25, 0.3) is 0 Å². The van der Waals surface area contributed by atoms with Crippen LogP contribution in [0.4, 0.5) is 5.69 Å². The van der Waals surface area contributed by atoms with Gasteiger partial charge in [-0.2, -0.15) is 5.10 Å². The molecule has 0 aromatic carbocycles. The summed E-state index contributed by atoms with van der Waals surface area (Å²) >= 11 is 0. The number of rotatable bonds is 6. The highest BCUT2D eigenvalue weighted by Gasteiger charge is 2.23. The number of hydrogen-bond acceptors (Lipinski definition) is 5. The van der Waals surface area contributed by atoms with Crippen molar-refractivity contribution in [3.8, 4) is 0 Å². The maximum atomic E-state index is 11.9. The summed E-state index contributed by atoms with van der Waals surface area (Å²) in [4.78, 5) is 22.1. The first-order chi connectivity index (χ1) is 9.97. The first-order valence-electron chi connectivity index (χ1n) is 7.07. The molecule has 1 saturated heterocycles. The van der Waals surface area contributed by atoms with Gasteiger partial charge in [-0.25, -0.2) is 0 Å². The summed E-state index contributed by atoms with van der Waals surface area (Å²) in [6.07, 6.45) is 3.66. The van der Waals surface area contributed by atoms with Crippen molar-refractivity contribution in [2.45, 2.75) is 51.8 Å².